The lowest BCUT2D eigenvalue weighted by Crippen LogP contribution is -2.75. The predicted octanol–water partition coefficient (Wildman–Crippen LogP) is 5.03. The molecule has 0 amide bonds. The third kappa shape index (κ3) is 6.53. The maximum atomic E-state index is 13.9. The SMILES string of the molecule is C=CC(=O)CCOC(=O)C(F)(F)C(F)(F)C(F)(F)C(F)(F)C(F)(F)C(F)(F)C(F)(F)C(F)(F)C(=O)OCCOC(=O)C=C. The van der Waals surface area contributed by atoms with Gasteiger partial charge < -0.3 is 14.2 Å². The van der Waals surface area contributed by atoms with Crippen LogP contribution in [-0.2, 0) is 33.4 Å². The molecule has 0 aliphatic heterocycles. The second kappa shape index (κ2) is 12.6. The first-order valence-corrected chi connectivity index (χ1v) is 10.3. The molecule has 23 heteroatoms. The van der Waals surface area contributed by atoms with Crippen LogP contribution in [0.1, 0.15) is 6.42 Å². The summed E-state index contributed by atoms with van der Waals surface area (Å²) in [5, 5.41) is 0. The van der Waals surface area contributed by atoms with Gasteiger partial charge in [-0.15, -0.1) is 0 Å². The molecule has 0 spiro atoms. The van der Waals surface area contributed by atoms with Gasteiger partial charge in [-0.1, -0.05) is 13.2 Å². The summed E-state index contributed by atoms with van der Waals surface area (Å²) in [6.45, 7) is 0.847. The summed E-state index contributed by atoms with van der Waals surface area (Å²) in [7, 11) is 0. The minimum absolute atomic E-state index is 0.387. The van der Waals surface area contributed by atoms with Crippen molar-refractivity contribution >= 4 is 23.7 Å². The zero-order valence-electron chi connectivity index (χ0n) is 20.3. The number of esters is 3. The van der Waals surface area contributed by atoms with Crippen LogP contribution in [0.15, 0.2) is 25.3 Å². The van der Waals surface area contributed by atoms with E-state index in [1.54, 1.807) is 0 Å². The van der Waals surface area contributed by atoms with Crippen LogP contribution < -0.4 is 0 Å². The van der Waals surface area contributed by atoms with E-state index in [9.17, 15) is 89.4 Å². The van der Waals surface area contributed by atoms with Crippen molar-refractivity contribution in [1.29, 1.82) is 0 Å². The molecule has 0 unspecified atom stereocenters. The third-order valence-electron chi connectivity index (χ3n) is 4.81. The second-order valence-corrected chi connectivity index (χ2v) is 7.66. The molecular formula is C20H14F16O7. The van der Waals surface area contributed by atoms with Gasteiger partial charge in [0.2, 0.25) is 0 Å². The lowest BCUT2D eigenvalue weighted by Gasteiger charge is -2.42. The summed E-state index contributed by atoms with van der Waals surface area (Å²) in [4.78, 5) is 43.8. The van der Waals surface area contributed by atoms with Gasteiger partial charge in [0.1, 0.15) is 13.2 Å². The fourth-order valence-electron chi connectivity index (χ4n) is 2.30. The molecule has 0 aromatic carbocycles. The zero-order chi connectivity index (χ0) is 34.7. The van der Waals surface area contributed by atoms with Crippen LogP contribution >= 0.6 is 0 Å². The lowest BCUT2D eigenvalue weighted by molar-refractivity contribution is -0.449. The predicted molar refractivity (Wildman–Crippen MR) is 102 cm³/mol. The van der Waals surface area contributed by atoms with Gasteiger partial charge in [-0.25, -0.2) is 14.4 Å². The Morgan fingerprint density at radius 1 is 0.465 bits per heavy atom. The molecule has 0 aromatic heterocycles. The monoisotopic (exact) mass is 670 g/mol. The van der Waals surface area contributed by atoms with E-state index in [0.29, 0.717) is 12.2 Å². The minimum Gasteiger partial charge on any atom is -0.461 e. The van der Waals surface area contributed by atoms with Crippen LogP contribution in [0, 0.1) is 0 Å². The quantitative estimate of drug-likeness (QED) is 0.0705. The maximum Gasteiger partial charge on any atom is 0.410 e. The van der Waals surface area contributed by atoms with Gasteiger partial charge >= 0.3 is 65.3 Å². The Labute approximate surface area is 227 Å². The van der Waals surface area contributed by atoms with Gasteiger partial charge in [-0.2, -0.15) is 70.2 Å². The Morgan fingerprint density at radius 2 is 0.767 bits per heavy atom. The summed E-state index contributed by atoms with van der Waals surface area (Å²) >= 11 is 0. The van der Waals surface area contributed by atoms with Crippen molar-refractivity contribution in [1.82, 2.24) is 0 Å². The molecule has 0 aromatic rings. The lowest BCUT2D eigenvalue weighted by atomic mass is 9.87. The van der Waals surface area contributed by atoms with Crippen molar-refractivity contribution in [2.24, 2.45) is 0 Å². The normalized spacial score (nSPS) is 14.0. The van der Waals surface area contributed by atoms with Gasteiger partial charge in [0.05, 0.1) is 6.61 Å². The van der Waals surface area contributed by atoms with Gasteiger partial charge in [0.25, 0.3) is 0 Å². The second-order valence-electron chi connectivity index (χ2n) is 7.66. The minimum atomic E-state index is -8.87. The van der Waals surface area contributed by atoms with Crippen LogP contribution in [0.3, 0.4) is 0 Å². The summed E-state index contributed by atoms with van der Waals surface area (Å²) in [6, 6.07) is 0. The number of hydrogen-bond donors (Lipinski definition) is 0. The molecule has 248 valence electrons. The number of hydrogen-bond acceptors (Lipinski definition) is 7. The van der Waals surface area contributed by atoms with Gasteiger partial charge in [-0.3, -0.25) is 4.79 Å². The summed E-state index contributed by atoms with van der Waals surface area (Å²) in [6.07, 6.45) is -0.380. The highest BCUT2D eigenvalue weighted by Crippen LogP contribution is 2.64. The molecule has 43 heavy (non-hydrogen) atoms. The topological polar surface area (TPSA) is 96.0 Å². The Bertz CT molecular complexity index is 1100. The molecule has 0 saturated carbocycles. The van der Waals surface area contributed by atoms with Gasteiger partial charge in [0, 0.05) is 12.5 Å². The summed E-state index contributed by atoms with van der Waals surface area (Å²) < 4.78 is 232. The summed E-state index contributed by atoms with van der Waals surface area (Å²) in [5.74, 6) is -76.8. The van der Waals surface area contributed by atoms with E-state index in [1.807, 2.05) is 0 Å². The molecule has 0 rings (SSSR count). The highest BCUT2D eigenvalue weighted by atomic mass is 19.4. The maximum absolute atomic E-state index is 13.9. The van der Waals surface area contributed by atoms with E-state index in [4.69, 9.17) is 0 Å². The number of alkyl halides is 16. The highest BCUT2D eigenvalue weighted by molar-refractivity contribution is 5.89. The molecular weight excluding hydrogens is 656 g/mol. The van der Waals surface area contributed by atoms with Crippen LogP contribution in [0.25, 0.3) is 0 Å². The number of ether oxygens (including phenoxy) is 3. The number of halogens is 16. The Hall–Kier alpha value is -3.56. The standard InChI is InChI=1S/C20H14F16O7/c1-3-9(37)5-6-42-11(39)13(21,22)15(25,26)17(29,30)19(33,34)20(35,36)18(31,32)16(27,28)14(23,24)12(40)43-8-7-41-10(38)4-2/h3-4H,1-2,5-8H2. The Kier molecular flexibility index (Phi) is 11.5. The molecule has 0 fully saturated rings. The molecule has 0 aliphatic rings. The summed E-state index contributed by atoms with van der Waals surface area (Å²) in [5.41, 5.74) is 0. The van der Waals surface area contributed by atoms with Crippen molar-refractivity contribution in [3.8, 4) is 0 Å². The van der Waals surface area contributed by atoms with E-state index in [0.717, 1.165) is 0 Å². The first-order chi connectivity index (χ1) is 19.0. The zero-order valence-corrected chi connectivity index (χ0v) is 20.3. The first kappa shape index (κ1) is 39.4. The number of allylic oxidation sites excluding steroid dienone is 1. The van der Waals surface area contributed by atoms with E-state index in [1.165, 1.54) is 0 Å². The molecule has 0 aliphatic carbocycles. The molecule has 0 heterocycles. The molecule has 0 atom stereocenters. The molecule has 0 bridgehead atoms. The van der Waals surface area contributed by atoms with E-state index in [2.05, 4.69) is 27.4 Å². The smallest absolute Gasteiger partial charge is 0.410 e. The number of rotatable bonds is 17. The Morgan fingerprint density at radius 3 is 1.09 bits per heavy atom. The fraction of sp³-hybridized carbons (Fsp3) is 0.600. The average molecular weight is 670 g/mol. The van der Waals surface area contributed by atoms with Crippen LogP contribution in [0.2, 0.25) is 0 Å². The van der Waals surface area contributed by atoms with Crippen molar-refractivity contribution in [3.63, 3.8) is 0 Å². The molecule has 0 N–H and O–H groups in total. The van der Waals surface area contributed by atoms with E-state index < -0.39 is 97.3 Å². The third-order valence-corrected chi connectivity index (χ3v) is 4.81. The first-order valence-electron chi connectivity index (χ1n) is 10.3. The van der Waals surface area contributed by atoms with E-state index in [-0.39, 0.29) is 0 Å². The average Bonchev–Trinajstić information content (AvgIpc) is 2.89. The van der Waals surface area contributed by atoms with E-state index >= 15 is 0 Å². The van der Waals surface area contributed by atoms with Crippen molar-refractivity contribution < 1.29 is 104 Å². The van der Waals surface area contributed by atoms with Gasteiger partial charge in [-0.05, 0) is 6.08 Å². The molecule has 0 saturated heterocycles. The highest BCUT2D eigenvalue weighted by Gasteiger charge is 2.96. The van der Waals surface area contributed by atoms with Crippen LogP contribution in [0.5, 0.6) is 0 Å². The molecule has 7 nitrogen and oxygen atoms in total. The number of carbonyl (C=O) groups excluding carboxylic acids is 4. The largest absolute Gasteiger partial charge is 0.461 e. The number of ketones is 1. The van der Waals surface area contributed by atoms with Crippen LogP contribution in [0.4, 0.5) is 70.2 Å². The Balaban J connectivity index is 6.46. The molecule has 0 radical (unpaired) electrons. The van der Waals surface area contributed by atoms with Crippen molar-refractivity contribution in [2.45, 2.75) is 53.8 Å². The number of carbonyl (C=O) groups is 4. The fourth-order valence-corrected chi connectivity index (χ4v) is 2.30. The van der Waals surface area contributed by atoms with Crippen LogP contribution in [-0.4, -0.2) is 90.9 Å². The van der Waals surface area contributed by atoms with Gasteiger partial charge in [0.15, 0.2) is 5.78 Å². The van der Waals surface area contributed by atoms with Crippen molar-refractivity contribution in [2.75, 3.05) is 19.8 Å². The van der Waals surface area contributed by atoms with Crippen molar-refractivity contribution in [3.05, 3.63) is 25.3 Å².